The van der Waals surface area contributed by atoms with Crippen molar-refractivity contribution < 1.29 is 4.74 Å². The van der Waals surface area contributed by atoms with Gasteiger partial charge < -0.3 is 4.74 Å². The van der Waals surface area contributed by atoms with E-state index in [9.17, 15) is 0 Å². The molecule has 0 atom stereocenters. The SMILES string of the molecule is C/C=C/CCC1CCC(OC)CC1. The Balaban J connectivity index is 2.10. The second-order valence-electron chi connectivity index (χ2n) is 4.02. The van der Waals surface area contributed by atoms with Crippen molar-refractivity contribution in [2.75, 3.05) is 7.11 Å². The van der Waals surface area contributed by atoms with Gasteiger partial charge in [0.15, 0.2) is 0 Å². The molecule has 1 rings (SSSR count). The normalized spacial score (nSPS) is 29.7. The summed E-state index contributed by atoms with van der Waals surface area (Å²) in [4.78, 5) is 0. The first-order valence-electron chi connectivity index (χ1n) is 5.50. The molecule has 0 aromatic carbocycles. The Kier molecular flexibility index (Phi) is 5.14. The first-order chi connectivity index (χ1) is 6.36. The molecular formula is C12H22O. The zero-order valence-corrected chi connectivity index (χ0v) is 8.96. The van der Waals surface area contributed by atoms with E-state index in [0.717, 1.165) is 5.92 Å². The van der Waals surface area contributed by atoms with Crippen molar-refractivity contribution in [3.05, 3.63) is 12.2 Å². The Morgan fingerprint density at radius 1 is 1.23 bits per heavy atom. The van der Waals surface area contributed by atoms with Gasteiger partial charge in [-0.15, -0.1) is 0 Å². The van der Waals surface area contributed by atoms with E-state index >= 15 is 0 Å². The van der Waals surface area contributed by atoms with E-state index in [4.69, 9.17) is 4.74 Å². The van der Waals surface area contributed by atoms with Crippen LogP contribution in [0.2, 0.25) is 0 Å². The monoisotopic (exact) mass is 182 g/mol. The molecule has 1 aliphatic carbocycles. The maximum atomic E-state index is 5.35. The van der Waals surface area contributed by atoms with Gasteiger partial charge in [-0.05, 0) is 51.4 Å². The van der Waals surface area contributed by atoms with Gasteiger partial charge in [-0.3, -0.25) is 0 Å². The fourth-order valence-corrected chi connectivity index (χ4v) is 2.15. The molecule has 0 aliphatic heterocycles. The lowest BCUT2D eigenvalue weighted by atomic mass is 9.84. The van der Waals surface area contributed by atoms with E-state index in [1.54, 1.807) is 0 Å². The lowest BCUT2D eigenvalue weighted by Gasteiger charge is -2.27. The van der Waals surface area contributed by atoms with Crippen LogP contribution in [-0.2, 0) is 4.74 Å². The lowest BCUT2D eigenvalue weighted by molar-refractivity contribution is 0.0557. The van der Waals surface area contributed by atoms with Gasteiger partial charge in [-0.1, -0.05) is 12.2 Å². The molecule has 1 saturated carbocycles. The molecule has 1 heteroatoms. The minimum Gasteiger partial charge on any atom is -0.381 e. The highest BCUT2D eigenvalue weighted by Crippen LogP contribution is 2.28. The summed E-state index contributed by atoms with van der Waals surface area (Å²) in [5.74, 6) is 0.961. The van der Waals surface area contributed by atoms with Crippen molar-refractivity contribution in [3.8, 4) is 0 Å². The summed E-state index contributed by atoms with van der Waals surface area (Å²) in [6, 6.07) is 0. The van der Waals surface area contributed by atoms with E-state index in [1.807, 2.05) is 7.11 Å². The van der Waals surface area contributed by atoms with E-state index in [2.05, 4.69) is 19.1 Å². The van der Waals surface area contributed by atoms with Gasteiger partial charge in [-0.25, -0.2) is 0 Å². The van der Waals surface area contributed by atoms with Crippen LogP contribution in [0.15, 0.2) is 12.2 Å². The molecule has 0 bridgehead atoms. The zero-order chi connectivity index (χ0) is 9.52. The molecule has 0 spiro atoms. The second kappa shape index (κ2) is 6.20. The Morgan fingerprint density at radius 3 is 2.46 bits per heavy atom. The lowest BCUT2D eigenvalue weighted by Crippen LogP contribution is -2.20. The van der Waals surface area contributed by atoms with Crippen LogP contribution in [0.25, 0.3) is 0 Å². The van der Waals surface area contributed by atoms with Crippen molar-refractivity contribution in [2.45, 2.75) is 51.6 Å². The van der Waals surface area contributed by atoms with Crippen molar-refractivity contribution in [3.63, 3.8) is 0 Å². The molecule has 0 saturated heterocycles. The molecule has 0 radical (unpaired) electrons. The maximum Gasteiger partial charge on any atom is 0.0571 e. The summed E-state index contributed by atoms with van der Waals surface area (Å²) in [5.41, 5.74) is 0. The molecule has 0 N–H and O–H groups in total. The highest BCUT2D eigenvalue weighted by molar-refractivity contribution is 4.80. The Bertz CT molecular complexity index is 143. The summed E-state index contributed by atoms with van der Waals surface area (Å²) >= 11 is 0. The molecule has 0 amide bonds. The average Bonchev–Trinajstić information content (AvgIpc) is 2.19. The third-order valence-electron chi connectivity index (χ3n) is 3.10. The fourth-order valence-electron chi connectivity index (χ4n) is 2.15. The maximum absolute atomic E-state index is 5.35. The van der Waals surface area contributed by atoms with Crippen LogP contribution >= 0.6 is 0 Å². The van der Waals surface area contributed by atoms with E-state index < -0.39 is 0 Å². The number of allylic oxidation sites excluding steroid dienone is 2. The summed E-state index contributed by atoms with van der Waals surface area (Å²) in [5, 5.41) is 0. The van der Waals surface area contributed by atoms with Gasteiger partial charge in [0, 0.05) is 7.11 Å². The summed E-state index contributed by atoms with van der Waals surface area (Å²) in [6.07, 6.45) is 12.9. The number of methoxy groups -OCH3 is 1. The summed E-state index contributed by atoms with van der Waals surface area (Å²) < 4.78 is 5.35. The van der Waals surface area contributed by atoms with E-state index in [-0.39, 0.29) is 0 Å². The molecule has 1 nitrogen and oxygen atoms in total. The van der Waals surface area contributed by atoms with Crippen molar-refractivity contribution >= 4 is 0 Å². The molecule has 1 aliphatic rings. The fraction of sp³-hybridized carbons (Fsp3) is 0.833. The highest BCUT2D eigenvalue weighted by atomic mass is 16.5. The topological polar surface area (TPSA) is 9.23 Å². The number of rotatable bonds is 4. The van der Waals surface area contributed by atoms with Crippen molar-refractivity contribution in [1.29, 1.82) is 0 Å². The molecule has 0 aromatic rings. The van der Waals surface area contributed by atoms with Crippen LogP contribution in [-0.4, -0.2) is 13.2 Å². The predicted octanol–water partition coefficient (Wildman–Crippen LogP) is 3.55. The van der Waals surface area contributed by atoms with Gasteiger partial charge in [0.1, 0.15) is 0 Å². The first kappa shape index (κ1) is 10.8. The van der Waals surface area contributed by atoms with Gasteiger partial charge in [0.25, 0.3) is 0 Å². The van der Waals surface area contributed by atoms with Crippen molar-refractivity contribution in [1.82, 2.24) is 0 Å². The zero-order valence-electron chi connectivity index (χ0n) is 8.96. The Labute approximate surface area is 82.2 Å². The third-order valence-corrected chi connectivity index (χ3v) is 3.10. The van der Waals surface area contributed by atoms with Gasteiger partial charge in [0.05, 0.1) is 6.10 Å². The minimum absolute atomic E-state index is 0.554. The third kappa shape index (κ3) is 3.95. The van der Waals surface area contributed by atoms with Gasteiger partial charge >= 0.3 is 0 Å². The van der Waals surface area contributed by atoms with Crippen LogP contribution in [0.4, 0.5) is 0 Å². The molecule has 1 fully saturated rings. The molecule has 13 heavy (non-hydrogen) atoms. The van der Waals surface area contributed by atoms with Crippen LogP contribution in [0.5, 0.6) is 0 Å². The van der Waals surface area contributed by atoms with Crippen LogP contribution in [0.1, 0.15) is 45.4 Å². The van der Waals surface area contributed by atoms with E-state index in [0.29, 0.717) is 6.10 Å². The minimum atomic E-state index is 0.554. The Morgan fingerprint density at radius 2 is 1.92 bits per heavy atom. The predicted molar refractivity (Wildman–Crippen MR) is 56.8 cm³/mol. The summed E-state index contributed by atoms with van der Waals surface area (Å²) in [7, 11) is 1.84. The highest BCUT2D eigenvalue weighted by Gasteiger charge is 2.19. The standard InChI is InChI=1S/C12H22O/c1-3-4-5-6-11-7-9-12(13-2)10-8-11/h3-4,11-12H,5-10H2,1-2H3/b4-3+. The molecule has 0 aromatic heterocycles. The van der Waals surface area contributed by atoms with Gasteiger partial charge in [-0.2, -0.15) is 0 Å². The van der Waals surface area contributed by atoms with Gasteiger partial charge in [0.2, 0.25) is 0 Å². The molecule has 0 unspecified atom stereocenters. The Hall–Kier alpha value is -0.300. The first-order valence-corrected chi connectivity index (χ1v) is 5.50. The number of ether oxygens (including phenoxy) is 1. The second-order valence-corrected chi connectivity index (χ2v) is 4.02. The van der Waals surface area contributed by atoms with E-state index in [1.165, 1.54) is 38.5 Å². The van der Waals surface area contributed by atoms with Crippen LogP contribution < -0.4 is 0 Å². The summed E-state index contributed by atoms with van der Waals surface area (Å²) in [6.45, 7) is 2.10. The number of hydrogen-bond donors (Lipinski definition) is 0. The molecule has 76 valence electrons. The van der Waals surface area contributed by atoms with Crippen LogP contribution in [0.3, 0.4) is 0 Å². The average molecular weight is 182 g/mol. The largest absolute Gasteiger partial charge is 0.381 e. The quantitative estimate of drug-likeness (QED) is 0.604. The van der Waals surface area contributed by atoms with Crippen molar-refractivity contribution in [2.24, 2.45) is 5.92 Å². The molecule has 0 heterocycles. The molecular weight excluding hydrogens is 160 g/mol. The van der Waals surface area contributed by atoms with Crippen LogP contribution in [0, 0.1) is 5.92 Å². The smallest absolute Gasteiger partial charge is 0.0571 e. The number of hydrogen-bond acceptors (Lipinski definition) is 1.